The smallest absolute Gasteiger partial charge is 0.326 e. The molecule has 2 fully saturated rings. The highest BCUT2D eigenvalue weighted by Crippen LogP contribution is 2.41. The third kappa shape index (κ3) is 5.47. The van der Waals surface area contributed by atoms with Gasteiger partial charge in [-0.2, -0.15) is 0 Å². The molecular weight excluding hydrogens is 486 g/mol. The van der Waals surface area contributed by atoms with Crippen LogP contribution in [0.1, 0.15) is 42.9 Å². The molecule has 0 radical (unpaired) electrons. The molecule has 8 heteroatoms. The van der Waals surface area contributed by atoms with Crippen molar-refractivity contribution < 1.29 is 34.0 Å². The Balaban J connectivity index is 1.41. The van der Waals surface area contributed by atoms with Crippen LogP contribution in [0.4, 0.5) is 0 Å². The van der Waals surface area contributed by atoms with E-state index >= 15 is 0 Å². The van der Waals surface area contributed by atoms with Gasteiger partial charge in [0, 0.05) is 18.9 Å². The summed E-state index contributed by atoms with van der Waals surface area (Å²) < 4.78 is 17.9. The zero-order valence-electron chi connectivity index (χ0n) is 21.4. The Hall–Kier alpha value is -3.62. The molecule has 2 N–H and O–H groups in total. The number of fused-ring (bicyclic) bond motifs is 1. The molecular formula is C30H33NO7. The second-order valence-corrected chi connectivity index (χ2v) is 10.1. The number of benzene rings is 2. The molecule has 0 aromatic heterocycles. The predicted molar refractivity (Wildman–Crippen MR) is 139 cm³/mol. The summed E-state index contributed by atoms with van der Waals surface area (Å²) in [6.45, 7) is 0.557. The fraction of sp³-hybridized carbons (Fsp3) is 0.400. The number of aliphatic hydroxyl groups is 1. The monoisotopic (exact) mass is 519 g/mol. The van der Waals surface area contributed by atoms with Crippen molar-refractivity contribution in [3.05, 3.63) is 95.0 Å². The molecule has 2 aliphatic carbocycles. The Morgan fingerprint density at radius 1 is 1.05 bits per heavy atom. The van der Waals surface area contributed by atoms with Gasteiger partial charge in [0.05, 0.1) is 19.3 Å². The third-order valence-corrected chi connectivity index (χ3v) is 7.54. The minimum absolute atomic E-state index is 0.0961. The SMILES string of the molecule is COC1=CCC2CN(C(=O)[C@H](OC3CC(O)C3)c3ccccc3)[C@H](C(=O)O)CC2=C1OCc1ccccc1. The van der Waals surface area contributed by atoms with Gasteiger partial charge < -0.3 is 29.3 Å². The lowest BCUT2D eigenvalue weighted by molar-refractivity contribution is -0.167. The molecule has 1 saturated heterocycles. The topological polar surface area (TPSA) is 106 Å². The van der Waals surface area contributed by atoms with E-state index in [9.17, 15) is 19.8 Å². The van der Waals surface area contributed by atoms with Gasteiger partial charge in [0.25, 0.3) is 5.91 Å². The van der Waals surface area contributed by atoms with Crippen molar-refractivity contribution in [3.8, 4) is 0 Å². The van der Waals surface area contributed by atoms with E-state index in [2.05, 4.69) is 0 Å². The summed E-state index contributed by atoms with van der Waals surface area (Å²) in [5.41, 5.74) is 2.52. The standard InChI is InChI=1S/C30H33NO7/c1-36-26-13-12-21-17-31(29(33)27(20-10-6-3-7-11-20)38-23-14-22(32)15-23)25(30(34)35)16-24(21)28(26)37-18-19-8-4-2-5-9-19/h2-11,13,21-23,25,27,32H,12,14-18H2,1H3,(H,34,35)/t21?,22?,23?,25-,27+/m0/s1. The van der Waals surface area contributed by atoms with Crippen LogP contribution in [0.15, 0.2) is 83.8 Å². The van der Waals surface area contributed by atoms with Crippen molar-refractivity contribution >= 4 is 11.9 Å². The van der Waals surface area contributed by atoms with Gasteiger partial charge >= 0.3 is 5.97 Å². The molecule has 1 aliphatic heterocycles. The van der Waals surface area contributed by atoms with Crippen LogP contribution in [0.2, 0.25) is 0 Å². The molecule has 5 rings (SSSR count). The van der Waals surface area contributed by atoms with Crippen molar-refractivity contribution in [3.63, 3.8) is 0 Å². The molecule has 2 aromatic carbocycles. The number of carboxylic acids is 1. The normalized spacial score (nSPS) is 25.5. The number of carbonyl (C=O) groups excluding carboxylic acids is 1. The first-order chi connectivity index (χ1) is 18.4. The number of amides is 1. The molecule has 38 heavy (non-hydrogen) atoms. The average Bonchev–Trinajstić information content (AvgIpc) is 2.93. The summed E-state index contributed by atoms with van der Waals surface area (Å²) in [6, 6.07) is 17.8. The first kappa shape index (κ1) is 26.0. The Labute approximate surface area is 222 Å². The maximum atomic E-state index is 13.9. The van der Waals surface area contributed by atoms with Gasteiger partial charge in [-0.3, -0.25) is 4.79 Å². The van der Waals surface area contributed by atoms with Gasteiger partial charge in [-0.05, 0) is 42.0 Å². The molecule has 2 aromatic rings. The average molecular weight is 520 g/mol. The highest BCUT2D eigenvalue weighted by atomic mass is 16.5. The number of likely N-dealkylation sites (tertiary alicyclic amines) is 1. The number of allylic oxidation sites excluding steroid dienone is 1. The molecule has 200 valence electrons. The van der Waals surface area contributed by atoms with E-state index in [1.165, 1.54) is 4.90 Å². The zero-order chi connectivity index (χ0) is 26.6. The van der Waals surface area contributed by atoms with E-state index < -0.39 is 24.2 Å². The van der Waals surface area contributed by atoms with E-state index in [1.807, 2.05) is 66.7 Å². The van der Waals surface area contributed by atoms with Crippen LogP contribution in [0.3, 0.4) is 0 Å². The van der Waals surface area contributed by atoms with E-state index in [0.717, 1.165) is 11.1 Å². The van der Waals surface area contributed by atoms with Gasteiger partial charge in [0.2, 0.25) is 0 Å². The van der Waals surface area contributed by atoms with E-state index in [0.29, 0.717) is 43.0 Å². The minimum atomic E-state index is -1.08. The van der Waals surface area contributed by atoms with Crippen LogP contribution in [0.5, 0.6) is 0 Å². The van der Waals surface area contributed by atoms with Gasteiger partial charge in [-0.25, -0.2) is 4.79 Å². The largest absolute Gasteiger partial charge is 0.493 e. The first-order valence-corrected chi connectivity index (χ1v) is 13.0. The molecule has 1 unspecified atom stereocenters. The van der Waals surface area contributed by atoms with Gasteiger partial charge in [0.15, 0.2) is 17.6 Å². The molecule has 3 atom stereocenters. The Kier molecular flexibility index (Phi) is 7.81. The lowest BCUT2D eigenvalue weighted by Gasteiger charge is -2.43. The Morgan fingerprint density at radius 3 is 2.37 bits per heavy atom. The minimum Gasteiger partial charge on any atom is -0.493 e. The summed E-state index contributed by atoms with van der Waals surface area (Å²) in [7, 11) is 1.57. The van der Waals surface area contributed by atoms with Gasteiger partial charge in [-0.1, -0.05) is 60.7 Å². The van der Waals surface area contributed by atoms with Crippen LogP contribution in [-0.4, -0.2) is 58.9 Å². The molecule has 8 nitrogen and oxygen atoms in total. The maximum Gasteiger partial charge on any atom is 0.326 e. The maximum absolute atomic E-state index is 13.9. The number of carbonyl (C=O) groups is 2. The number of ether oxygens (including phenoxy) is 3. The summed E-state index contributed by atoms with van der Waals surface area (Å²) in [5, 5.41) is 19.9. The van der Waals surface area contributed by atoms with E-state index in [4.69, 9.17) is 14.2 Å². The molecule has 1 saturated carbocycles. The van der Waals surface area contributed by atoms with Crippen molar-refractivity contribution in [2.24, 2.45) is 5.92 Å². The van der Waals surface area contributed by atoms with Crippen LogP contribution >= 0.6 is 0 Å². The second kappa shape index (κ2) is 11.4. The molecule has 0 bridgehead atoms. The van der Waals surface area contributed by atoms with Crippen molar-refractivity contribution in [1.29, 1.82) is 0 Å². The number of hydrogen-bond donors (Lipinski definition) is 2. The lowest BCUT2D eigenvalue weighted by Crippen LogP contribution is -2.54. The van der Waals surface area contributed by atoms with Crippen LogP contribution < -0.4 is 0 Å². The van der Waals surface area contributed by atoms with Gasteiger partial charge in [-0.15, -0.1) is 0 Å². The summed E-state index contributed by atoms with van der Waals surface area (Å²) in [4.78, 5) is 27.9. The number of methoxy groups -OCH3 is 1. The number of hydrogen-bond acceptors (Lipinski definition) is 6. The third-order valence-electron chi connectivity index (χ3n) is 7.54. The highest BCUT2D eigenvalue weighted by molar-refractivity contribution is 5.88. The molecule has 0 spiro atoms. The lowest BCUT2D eigenvalue weighted by atomic mass is 9.80. The number of piperidine rings is 1. The molecule has 3 aliphatic rings. The van der Waals surface area contributed by atoms with Crippen LogP contribution in [0.25, 0.3) is 0 Å². The first-order valence-electron chi connectivity index (χ1n) is 13.0. The molecule has 1 heterocycles. The van der Waals surface area contributed by atoms with E-state index in [-0.39, 0.29) is 30.9 Å². The van der Waals surface area contributed by atoms with Crippen LogP contribution in [-0.2, 0) is 30.4 Å². The van der Waals surface area contributed by atoms with E-state index in [1.54, 1.807) is 7.11 Å². The predicted octanol–water partition coefficient (Wildman–Crippen LogP) is 3.97. The number of rotatable bonds is 9. The molecule has 1 amide bonds. The number of carboxylic acid groups (broad SMARTS) is 1. The van der Waals surface area contributed by atoms with Gasteiger partial charge in [0.1, 0.15) is 12.6 Å². The zero-order valence-corrected chi connectivity index (χ0v) is 21.4. The fourth-order valence-electron chi connectivity index (χ4n) is 5.39. The Bertz CT molecular complexity index is 1200. The number of nitrogens with zero attached hydrogens (tertiary/aromatic N) is 1. The van der Waals surface area contributed by atoms with Crippen molar-refractivity contribution in [2.75, 3.05) is 13.7 Å². The van der Waals surface area contributed by atoms with Crippen LogP contribution in [0, 0.1) is 5.92 Å². The highest BCUT2D eigenvalue weighted by Gasteiger charge is 2.45. The Morgan fingerprint density at radius 2 is 1.74 bits per heavy atom. The quantitative estimate of drug-likeness (QED) is 0.516. The van der Waals surface area contributed by atoms with Crippen molar-refractivity contribution in [2.45, 2.75) is 56.6 Å². The summed E-state index contributed by atoms with van der Waals surface area (Å²) >= 11 is 0. The second-order valence-electron chi connectivity index (χ2n) is 10.1. The summed E-state index contributed by atoms with van der Waals surface area (Å²) in [6.07, 6.45) is 1.99. The number of aliphatic hydroxyl groups excluding tert-OH is 1. The van der Waals surface area contributed by atoms with Crippen molar-refractivity contribution in [1.82, 2.24) is 4.90 Å². The summed E-state index contributed by atoms with van der Waals surface area (Å²) in [5.74, 6) is -0.403. The fourth-order valence-corrected chi connectivity index (χ4v) is 5.39. The number of aliphatic carboxylic acids is 1.